The maximum Gasteiger partial charge on any atom is 0.0628 e. The van der Waals surface area contributed by atoms with E-state index < -0.39 is 0 Å². The molecule has 0 bridgehead atoms. The van der Waals surface area contributed by atoms with Gasteiger partial charge in [-0.3, -0.25) is 0 Å². The van der Waals surface area contributed by atoms with Crippen LogP contribution in [0, 0.1) is 39.9 Å². The van der Waals surface area contributed by atoms with Gasteiger partial charge in [0.2, 0.25) is 0 Å². The molecule has 1 heterocycles. The minimum absolute atomic E-state index is 0.0881. The van der Waals surface area contributed by atoms with Crippen LogP contribution in [0.15, 0.2) is 23.3 Å². The normalized spacial score (nSPS) is 45.7. The number of allylic oxidation sites excluding steroid dienone is 3. The minimum Gasteiger partial charge on any atom is -0.392 e. The number of hydrogen-bond acceptors (Lipinski definition) is 3. The van der Waals surface area contributed by atoms with Crippen molar-refractivity contribution < 1.29 is 5.11 Å². The van der Waals surface area contributed by atoms with Crippen LogP contribution in [-0.4, -0.2) is 47.3 Å². The Morgan fingerprint density at radius 3 is 2.48 bits per heavy atom. The van der Waals surface area contributed by atoms with Crippen LogP contribution < -0.4 is 0 Å². The molecule has 1 saturated heterocycles. The van der Waals surface area contributed by atoms with Gasteiger partial charge in [0.15, 0.2) is 0 Å². The molecule has 1 aliphatic heterocycles. The lowest BCUT2D eigenvalue weighted by atomic mass is 9.47. The highest BCUT2D eigenvalue weighted by molar-refractivity contribution is 7.99. The molecule has 7 atom stereocenters. The van der Waals surface area contributed by atoms with E-state index in [1.54, 1.807) is 5.57 Å². The molecule has 2 nitrogen and oxygen atoms in total. The standard InChI is InChI=1S/C28H45NOS/c1-19(18-29-14-16-31-17-15-29)21-7-8-22-20-6-9-24-26(2,3)25(30)11-13-28(24,5)23(20)10-12-27(21,22)4/h6,9,19,21-23,25,30H,7-8,10-18H2,1-5H3/t19-,21-,22?,23?,25+,27-,28-/m1/s1. The van der Waals surface area contributed by atoms with Crippen molar-refractivity contribution in [2.45, 2.75) is 79.2 Å². The zero-order valence-electron chi connectivity index (χ0n) is 20.6. The molecule has 4 aliphatic carbocycles. The molecule has 4 fully saturated rings. The maximum atomic E-state index is 10.7. The van der Waals surface area contributed by atoms with E-state index in [1.807, 2.05) is 0 Å². The topological polar surface area (TPSA) is 23.5 Å². The van der Waals surface area contributed by atoms with Crippen molar-refractivity contribution in [1.82, 2.24) is 4.90 Å². The van der Waals surface area contributed by atoms with Crippen LogP contribution in [0.4, 0.5) is 0 Å². The number of aliphatic hydroxyl groups is 1. The first-order valence-corrected chi connectivity index (χ1v) is 14.2. The fourth-order valence-corrected chi connectivity index (χ4v) is 9.98. The van der Waals surface area contributed by atoms with Crippen molar-refractivity contribution in [3.05, 3.63) is 23.3 Å². The lowest BCUT2D eigenvalue weighted by Gasteiger charge is -2.58. The van der Waals surface area contributed by atoms with Crippen LogP contribution in [0.1, 0.15) is 73.1 Å². The molecule has 2 unspecified atom stereocenters. The first kappa shape index (κ1) is 22.5. The second-order valence-corrected chi connectivity index (χ2v) is 13.9. The molecule has 3 saturated carbocycles. The monoisotopic (exact) mass is 443 g/mol. The first-order chi connectivity index (χ1) is 14.7. The summed E-state index contributed by atoms with van der Waals surface area (Å²) in [5, 5.41) is 10.7. The van der Waals surface area contributed by atoms with Gasteiger partial charge in [0.1, 0.15) is 0 Å². The van der Waals surface area contributed by atoms with E-state index >= 15 is 0 Å². The Hall–Kier alpha value is -0.250. The van der Waals surface area contributed by atoms with Gasteiger partial charge in [-0.25, -0.2) is 0 Å². The summed E-state index contributed by atoms with van der Waals surface area (Å²) in [5.74, 6) is 5.81. The number of fused-ring (bicyclic) bond motifs is 5. The summed E-state index contributed by atoms with van der Waals surface area (Å²) in [5.41, 5.74) is 3.97. The van der Waals surface area contributed by atoms with Gasteiger partial charge in [-0.2, -0.15) is 11.8 Å². The molecule has 3 heteroatoms. The SMILES string of the molecule is C[C@H](CN1CCSCC1)[C@H]1CCC2C3=CC=C4C(C)(C)[C@@H](O)CC[C@]4(C)C3CC[C@@]21C. The lowest BCUT2D eigenvalue weighted by molar-refractivity contribution is -0.0179. The predicted octanol–water partition coefficient (Wildman–Crippen LogP) is 6.17. The average molecular weight is 444 g/mol. The van der Waals surface area contributed by atoms with Gasteiger partial charge < -0.3 is 10.0 Å². The highest BCUT2D eigenvalue weighted by Gasteiger charge is 2.59. The van der Waals surface area contributed by atoms with E-state index in [0.29, 0.717) is 11.3 Å². The van der Waals surface area contributed by atoms with Gasteiger partial charge in [0.25, 0.3) is 0 Å². The van der Waals surface area contributed by atoms with E-state index in [1.165, 1.54) is 62.4 Å². The third-order valence-corrected chi connectivity index (χ3v) is 11.8. The van der Waals surface area contributed by atoms with Crippen LogP contribution in [0.25, 0.3) is 0 Å². The van der Waals surface area contributed by atoms with Crippen molar-refractivity contribution in [2.24, 2.45) is 39.9 Å². The fourth-order valence-electron chi connectivity index (χ4n) is 9.00. The molecule has 5 rings (SSSR count). The Bertz CT molecular complexity index is 765. The van der Waals surface area contributed by atoms with Crippen molar-refractivity contribution in [1.29, 1.82) is 0 Å². The smallest absolute Gasteiger partial charge is 0.0628 e. The summed E-state index contributed by atoms with van der Waals surface area (Å²) in [6.45, 7) is 16.2. The van der Waals surface area contributed by atoms with Gasteiger partial charge in [-0.1, -0.05) is 57.9 Å². The number of rotatable bonds is 3. The molecule has 5 aliphatic rings. The maximum absolute atomic E-state index is 10.7. The molecule has 0 aromatic rings. The summed E-state index contributed by atoms with van der Waals surface area (Å²) in [6, 6.07) is 0. The van der Waals surface area contributed by atoms with Gasteiger partial charge in [-0.05, 0) is 73.0 Å². The summed E-state index contributed by atoms with van der Waals surface area (Å²) >= 11 is 2.13. The van der Waals surface area contributed by atoms with Crippen LogP contribution in [0.5, 0.6) is 0 Å². The van der Waals surface area contributed by atoms with Gasteiger partial charge in [0, 0.05) is 36.6 Å². The first-order valence-electron chi connectivity index (χ1n) is 13.1. The Morgan fingerprint density at radius 1 is 1.00 bits per heavy atom. The lowest BCUT2D eigenvalue weighted by Crippen LogP contribution is -2.51. The average Bonchev–Trinajstić information content (AvgIpc) is 3.09. The van der Waals surface area contributed by atoms with Gasteiger partial charge >= 0.3 is 0 Å². The van der Waals surface area contributed by atoms with Crippen LogP contribution >= 0.6 is 11.8 Å². The summed E-state index contributed by atoms with van der Waals surface area (Å²) < 4.78 is 0. The highest BCUT2D eigenvalue weighted by Crippen LogP contribution is 2.67. The number of hydrogen-bond donors (Lipinski definition) is 1. The number of thioether (sulfide) groups is 1. The highest BCUT2D eigenvalue weighted by atomic mass is 32.2. The van der Waals surface area contributed by atoms with Gasteiger partial charge in [-0.15, -0.1) is 0 Å². The number of nitrogens with zero attached hydrogens (tertiary/aromatic N) is 1. The molecular formula is C28H45NOS. The molecule has 1 N–H and O–H groups in total. The van der Waals surface area contributed by atoms with E-state index in [4.69, 9.17) is 0 Å². The van der Waals surface area contributed by atoms with Gasteiger partial charge in [0.05, 0.1) is 6.10 Å². The van der Waals surface area contributed by atoms with E-state index in [0.717, 1.165) is 30.6 Å². The second kappa shape index (κ2) is 7.91. The van der Waals surface area contributed by atoms with E-state index in [2.05, 4.69) is 63.4 Å². The molecule has 0 amide bonds. The summed E-state index contributed by atoms with van der Waals surface area (Å²) in [7, 11) is 0. The van der Waals surface area contributed by atoms with Crippen LogP contribution in [0.2, 0.25) is 0 Å². The number of aliphatic hydroxyl groups excluding tert-OH is 1. The van der Waals surface area contributed by atoms with Crippen LogP contribution in [0.3, 0.4) is 0 Å². The molecule has 0 spiro atoms. The second-order valence-electron chi connectivity index (χ2n) is 12.7. The Balaban J connectivity index is 1.40. The fraction of sp³-hybridized carbons (Fsp3) is 0.857. The summed E-state index contributed by atoms with van der Waals surface area (Å²) in [6.07, 6.45) is 12.5. The Morgan fingerprint density at radius 2 is 1.74 bits per heavy atom. The van der Waals surface area contributed by atoms with Crippen molar-refractivity contribution in [2.75, 3.05) is 31.1 Å². The zero-order chi connectivity index (χ0) is 22.0. The molecule has 0 aromatic heterocycles. The van der Waals surface area contributed by atoms with Crippen molar-refractivity contribution in [3.63, 3.8) is 0 Å². The Labute approximate surface area is 195 Å². The predicted molar refractivity (Wildman–Crippen MR) is 133 cm³/mol. The van der Waals surface area contributed by atoms with Crippen molar-refractivity contribution in [3.8, 4) is 0 Å². The zero-order valence-corrected chi connectivity index (χ0v) is 21.4. The third-order valence-electron chi connectivity index (χ3n) is 10.8. The minimum atomic E-state index is -0.194. The van der Waals surface area contributed by atoms with Crippen molar-refractivity contribution >= 4 is 11.8 Å². The largest absolute Gasteiger partial charge is 0.392 e. The molecule has 0 aromatic carbocycles. The molecular weight excluding hydrogens is 398 g/mol. The van der Waals surface area contributed by atoms with Crippen LogP contribution in [-0.2, 0) is 0 Å². The molecule has 0 radical (unpaired) electrons. The molecule has 174 valence electrons. The van der Waals surface area contributed by atoms with E-state index in [9.17, 15) is 5.11 Å². The molecule has 31 heavy (non-hydrogen) atoms. The third kappa shape index (κ3) is 3.43. The summed E-state index contributed by atoms with van der Waals surface area (Å²) in [4.78, 5) is 2.74. The van der Waals surface area contributed by atoms with E-state index in [-0.39, 0.29) is 16.9 Å². The Kier molecular flexibility index (Phi) is 5.75. The quantitative estimate of drug-likeness (QED) is 0.564.